The van der Waals surface area contributed by atoms with Gasteiger partial charge in [-0.15, -0.1) is 0 Å². The molecule has 21 heavy (non-hydrogen) atoms. The first-order valence-electron chi connectivity index (χ1n) is 7.78. The van der Waals surface area contributed by atoms with Crippen molar-refractivity contribution in [3.63, 3.8) is 0 Å². The highest BCUT2D eigenvalue weighted by Gasteiger charge is 2.26. The molecule has 0 radical (unpaired) electrons. The number of carbonyl (C=O) groups is 1. The average Bonchev–Trinajstić information content (AvgIpc) is 2.42. The molecule has 5 heteroatoms. The van der Waals surface area contributed by atoms with Crippen LogP contribution in [0.25, 0.3) is 0 Å². The Labute approximate surface area is 126 Å². The molecule has 1 aromatic heterocycles. The zero-order chi connectivity index (χ0) is 15.4. The molecule has 116 valence electrons. The molecule has 1 fully saturated rings. The standard InChI is InChI=1S/C16H25N3O2/c1-5-21-15(20)13-9-17-16(18-12(13)4)19-14-7-6-10(2)8-11(14)3/h9-11,14H,5-8H2,1-4H3,(H,17,18,19). The Kier molecular flexibility index (Phi) is 5.15. The highest BCUT2D eigenvalue weighted by Crippen LogP contribution is 2.30. The smallest absolute Gasteiger partial charge is 0.341 e. The van der Waals surface area contributed by atoms with E-state index in [4.69, 9.17) is 4.74 Å². The van der Waals surface area contributed by atoms with Crippen LogP contribution in [0.1, 0.15) is 56.1 Å². The van der Waals surface area contributed by atoms with E-state index in [1.165, 1.54) is 12.8 Å². The summed E-state index contributed by atoms with van der Waals surface area (Å²) in [6.07, 6.45) is 5.17. The number of carbonyl (C=O) groups excluding carboxylic acids is 1. The molecule has 1 saturated carbocycles. The summed E-state index contributed by atoms with van der Waals surface area (Å²) in [6.45, 7) is 8.53. The number of rotatable bonds is 4. The fourth-order valence-electron chi connectivity index (χ4n) is 2.99. The van der Waals surface area contributed by atoms with Crippen molar-refractivity contribution >= 4 is 11.9 Å². The van der Waals surface area contributed by atoms with Crippen molar-refractivity contribution in [3.05, 3.63) is 17.5 Å². The molecule has 0 amide bonds. The third kappa shape index (κ3) is 3.93. The van der Waals surface area contributed by atoms with E-state index < -0.39 is 0 Å². The maximum Gasteiger partial charge on any atom is 0.341 e. The number of anilines is 1. The number of aromatic nitrogens is 2. The van der Waals surface area contributed by atoms with Crippen LogP contribution in [-0.2, 0) is 4.74 Å². The third-order valence-corrected chi connectivity index (χ3v) is 4.22. The number of nitrogens with zero attached hydrogens (tertiary/aromatic N) is 2. The van der Waals surface area contributed by atoms with Gasteiger partial charge in [0.2, 0.25) is 5.95 Å². The van der Waals surface area contributed by atoms with Crippen LogP contribution in [0.15, 0.2) is 6.20 Å². The van der Waals surface area contributed by atoms with E-state index in [0.717, 1.165) is 12.3 Å². The summed E-state index contributed by atoms with van der Waals surface area (Å²) in [5.74, 6) is 1.66. The average molecular weight is 291 g/mol. The van der Waals surface area contributed by atoms with E-state index in [1.54, 1.807) is 13.1 Å². The van der Waals surface area contributed by atoms with Crippen LogP contribution in [0.5, 0.6) is 0 Å². The first-order valence-corrected chi connectivity index (χ1v) is 7.78. The number of esters is 1. The van der Waals surface area contributed by atoms with Crippen molar-refractivity contribution in [1.29, 1.82) is 0 Å². The minimum atomic E-state index is -0.360. The minimum absolute atomic E-state index is 0.357. The van der Waals surface area contributed by atoms with E-state index in [0.29, 0.717) is 35.8 Å². The second-order valence-corrected chi connectivity index (χ2v) is 6.06. The van der Waals surface area contributed by atoms with E-state index in [-0.39, 0.29) is 5.97 Å². The predicted molar refractivity (Wildman–Crippen MR) is 82.3 cm³/mol. The maximum absolute atomic E-state index is 11.7. The lowest BCUT2D eigenvalue weighted by molar-refractivity contribution is 0.0524. The van der Waals surface area contributed by atoms with Gasteiger partial charge >= 0.3 is 5.97 Å². The summed E-state index contributed by atoms with van der Waals surface area (Å²) < 4.78 is 4.99. The molecule has 0 aliphatic heterocycles. The van der Waals surface area contributed by atoms with Crippen molar-refractivity contribution in [1.82, 2.24) is 9.97 Å². The number of hydrogen-bond acceptors (Lipinski definition) is 5. The summed E-state index contributed by atoms with van der Waals surface area (Å²) >= 11 is 0. The summed E-state index contributed by atoms with van der Waals surface area (Å²) in [4.78, 5) is 20.4. The van der Waals surface area contributed by atoms with Crippen molar-refractivity contribution in [3.8, 4) is 0 Å². The molecule has 0 aromatic carbocycles. The van der Waals surface area contributed by atoms with Gasteiger partial charge in [-0.2, -0.15) is 0 Å². The molecule has 0 bridgehead atoms. The fraction of sp³-hybridized carbons (Fsp3) is 0.688. The second kappa shape index (κ2) is 6.87. The van der Waals surface area contributed by atoms with Crippen molar-refractivity contribution in [2.75, 3.05) is 11.9 Å². The molecule has 0 saturated heterocycles. The molecule has 1 aliphatic carbocycles. The molecular weight excluding hydrogens is 266 g/mol. The van der Waals surface area contributed by atoms with Gasteiger partial charge in [-0.25, -0.2) is 14.8 Å². The molecule has 1 aliphatic rings. The van der Waals surface area contributed by atoms with Gasteiger partial charge in [0, 0.05) is 12.2 Å². The second-order valence-electron chi connectivity index (χ2n) is 6.06. The Balaban J connectivity index is 2.05. The number of ether oxygens (including phenoxy) is 1. The van der Waals surface area contributed by atoms with E-state index in [1.807, 2.05) is 6.92 Å². The lowest BCUT2D eigenvalue weighted by atomic mass is 9.80. The van der Waals surface area contributed by atoms with Gasteiger partial charge in [-0.1, -0.05) is 13.8 Å². The fourth-order valence-corrected chi connectivity index (χ4v) is 2.99. The first kappa shape index (κ1) is 15.7. The van der Waals surface area contributed by atoms with Gasteiger partial charge < -0.3 is 10.1 Å². The van der Waals surface area contributed by atoms with Gasteiger partial charge in [0.05, 0.1) is 17.9 Å². The van der Waals surface area contributed by atoms with E-state index in [9.17, 15) is 4.79 Å². The highest BCUT2D eigenvalue weighted by atomic mass is 16.5. The number of nitrogens with one attached hydrogen (secondary N) is 1. The molecular formula is C16H25N3O2. The molecule has 2 rings (SSSR count). The van der Waals surface area contributed by atoms with E-state index >= 15 is 0 Å². The first-order chi connectivity index (χ1) is 10.0. The van der Waals surface area contributed by atoms with Crippen LogP contribution in [0.4, 0.5) is 5.95 Å². The molecule has 5 nitrogen and oxygen atoms in total. The molecule has 1 heterocycles. The Bertz CT molecular complexity index is 504. The normalized spacial score (nSPS) is 25.4. The van der Waals surface area contributed by atoms with Gasteiger partial charge in [0.1, 0.15) is 0 Å². The summed E-state index contributed by atoms with van der Waals surface area (Å²) in [5, 5.41) is 3.42. The monoisotopic (exact) mass is 291 g/mol. The lowest BCUT2D eigenvalue weighted by Gasteiger charge is -2.33. The largest absolute Gasteiger partial charge is 0.462 e. The molecule has 3 atom stereocenters. The SMILES string of the molecule is CCOC(=O)c1cnc(NC2CCC(C)CC2C)nc1C. The van der Waals surface area contributed by atoms with Crippen molar-refractivity contribution < 1.29 is 9.53 Å². The Morgan fingerprint density at radius 2 is 2.19 bits per heavy atom. The van der Waals surface area contributed by atoms with Crippen LogP contribution >= 0.6 is 0 Å². The molecule has 1 N–H and O–H groups in total. The Hall–Kier alpha value is -1.65. The van der Waals surface area contributed by atoms with Crippen LogP contribution < -0.4 is 5.32 Å². The minimum Gasteiger partial charge on any atom is -0.462 e. The number of aryl methyl sites for hydroxylation is 1. The van der Waals surface area contributed by atoms with E-state index in [2.05, 4.69) is 29.1 Å². The Morgan fingerprint density at radius 3 is 2.81 bits per heavy atom. The summed E-state index contributed by atoms with van der Waals surface area (Å²) in [5.41, 5.74) is 1.09. The maximum atomic E-state index is 11.7. The van der Waals surface area contributed by atoms with Crippen LogP contribution in [-0.4, -0.2) is 28.6 Å². The van der Waals surface area contributed by atoms with Gasteiger partial charge in [-0.05, 0) is 44.9 Å². The van der Waals surface area contributed by atoms with Crippen LogP contribution in [0, 0.1) is 18.8 Å². The van der Waals surface area contributed by atoms with Gasteiger partial charge in [-0.3, -0.25) is 0 Å². The quantitative estimate of drug-likeness (QED) is 0.863. The zero-order valence-corrected chi connectivity index (χ0v) is 13.3. The third-order valence-electron chi connectivity index (χ3n) is 4.22. The Morgan fingerprint density at radius 1 is 1.43 bits per heavy atom. The lowest BCUT2D eigenvalue weighted by Crippen LogP contribution is -2.33. The summed E-state index contributed by atoms with van der Waals surface area (Å²) in [6, 6.07) is 0.411. The van der Waals surface area contributed by atoms with Gasteiger partial charge in [0.15, 0.2) is 0 Å². The molecule has 0 spiro atoms. The molecule has 1 aromatic rings. The van der Waals surface area contributed by atoms with Gasteiger partial charge in [0.25, 0.3) is 0 Å². The van der Waals surface area contributed by atoms with Crippen LogP contribution in [0.3, 0.4) is 0 Å². The van der Waals surface area contributed by atoms with Crippen LogP contribution in [0.2, 0.25) is 0 Å². The highest BCUT2D eigenvalue weighted by molar-refractivity contribution is 5.90. The zero-order valence-electron chi connectivity index (χ0n) is 13.3. The predicted octanol–water partition coefficient (Wildman–Crippen LogP) is 3.20. The molecule has 3 unspecified atom stereocenters. The summed E-state index contributed by atoms with van der Waals surface area (Å²) in [7, 11) is 0. The van der Waals surface area contributed by atoms with Crippen molar-refractivity contribution in [2.24, 2.45) is 11.8 Å². The van der Waals surface area contributed by atoms with Crippen molar-refractivity contribution in [2.45, 2.75) is 53.0 Å². The topological polar surface area (TPSA) is 64.1 Å². The number of hydrogen-bond donors (Lipinski definition) is 1.